The van der Waals surface area contributed by atoms with Crippen LogP contribution in [0.25, 0.3) is 6.08 Å². The van der Waals surface area contributed by atoms with Gasteiger partial charge < -0.3 is 0 Å². The van der Waals surface area contributed by atoms with E-state index in [0.29, 0.717) is 0 Å². The zero-order chi connectivity index (χ0) is 10.6. The smallest absolute Gasteiger partial charge is 0.00858 e. The Bertz CT molecular complexity index is 318. The summed E-state index contributed by atoms with van der Waals surface area (Å²) in [5.41, 5.74) is 2.86. The third-order valence-electron chi connectivity index (χ3n) is 2.17. The van der Waals surface area contributed by atoms with Gasteiger partial charge in [-0.1, -0.05) is 57.2 Å². The molecule has 0 N–H and O–H groups in total. The van der Waals surface area contributed by atoms with Gasteiger partial charge in [-0.05, 0) is 16.5 Å². The zero-order valence-electron chi connectivity index (χ0n) is 9.12. The molecule has 0 aliphatic heterocycles. The molecule has 0 saturated heterocycles. The van der Waals surface area contributed by atoms with E-state index in [-0.39, 0.29) is 5.41 Å². The summed E-state index contributed by atoms with van der Waals surface area (Å²) in [5, 5.41) is 0. The van der Waals surface area contributed by atoms with Crippen LogP contribution < -0.4 is 0 Å². The lowest BCUT2D eigenvalue weighted by atomic mass is 9.86. The summed E-state index contributed by atoms with van der Waals surface area (Å²) in [6.07, 6.45) is 4.17. The Morgan fingerprint density at radius 2 is 2.00 bits per heavy atom. The van der Waals surface area contributed by atoms with Gasteiger partial charge >= 0.3 is 0 Å². The van der Waals surface area contributed by atoms with Crippen LogP contribution in [0.3, 0.4) is 0 Å². The minimum absolute atomic E-state index is 0.227. The standard InChI is InChI=1S/C13H18S/c1-13(2,3)12-8-4-6-11(10-12)7-5-9-14/h4-8,10,14H,9H2,1-3H3. The number of hydrogen-bond acceptors (Lipinski definition) is 1. The normalized spacial score (nSPS) is 12.3. The van der Waals surface area contributed by atoms with Crippen molar-refractivity contribution in [2.24, 2.45) is 0 Å². The minimum atomic E-state index is 0.227. The molecule has 1 rings (SSSR count). The zero-order valence-corrected chi connectivity index (χ0v) is 10.0. The molecule has 0 atom stereocenters. The van der Waals surface area contributed by atoms with E-state index in [2.05, 4.69) is 69.8 Å². The van der Waals surface area contributed by atoms with Crippen molar-refractivity contribution in [3.05, 3.63) is 41.5 Å². The van der Waals surface area contributed by atoms with E-state index in [1.54, 1.807) is 0 Å². The first-order chi connectivity index (χ1) is 6.54. The average Bonchev–Trinajstić information content (AvgIpc) is 2.14. The maximum atomic E-state index is 4.15. The van der Waals surface area contributed by atoms with Gasteiger partial charge in [-0.3, -0.25) is 0 Å². The van der Waals surface area contributed by atoms with Gasteiger partial charge in [0.25, 0.3) is 0 Å². The Kier molecular flexibility index (Phi) is 3.82. The van der Waals surface area contributed by atoms with Gasteiger partial charge in [0.15, 0.2) is 0 Å². The van der Waals surface area contributed by atoms with Crippen molar-refractivity contribution in [1.82, 2.24) is 0 Å². The fourth-order valence-electron chi connectivity index (χ4n) is 1.30. The lowest BCUT2D eigenvalue weighted by Gasteiger charge is -2.19. The summed E-state index contributed by atoms with van der Waals surface area (Å²) in [6.45, 7) is 6.69. The SMILES string of the molecule is CC(C)(C)c1cccc(C=CCS)c1. The van der Waals surface area contributed by atoms with Crippen LogP contribution in [-0.2, 0) is 5.41 Å². The van der Waals surface area contributed by atoms with Crippen molar-refractivity contribution >= 4 is 18.7 Å². The monoisotopic (exact) mass is 206 g/mol. The Balaban J connectivity index is 2.96. The van der Waals surface area contributed by atoms with Gasteiger partial charge in [0.05, 0.1) is 0 Å². The molecule has 14 heavy (non-hydrogen) atoms. The molecular weight excluding hydrogens is 188 g/mol. The first-order valence-corrected chi connectivity index (χ1v) is 5.55. The van der Waals surface area contributed by atoms with E-state index in [4.69, 9.17) is 0 Å². The molecule has 0 amide bonds. The maximum Gasteiger partial charge on any atom is 0.00858 e. The lowest BCUT2D eigenvalue weighted by molar-refractivity contribution is 0.590. The second kappa shape index (κ2) is 4.70. The molecule has 0 aromatic heterocycles. The molecule has 76 valence electrons. The van der Waals surface area contributed by atoms with E-state index in [1.165, 1.54) is 11.1 Å². The Labute approximate surface area is 92.5 Å². The summed E-state index contributed by atoms with van der Waals surface area (Å²) < 4.78 is 0. The summed E-state index contributed by atoms with van der Waals surface area (Å²) in [5.74, 6) is 0.791. The van der Waals surface area contributed by atoms with Gasteiger partial charge in [0, 0.05) is 5.75 Å². The summed E-state index contributed by atoms with van der Waals surface area (Å²) >= 11 is 4.15. The fraction of sp³-hybridized carbons (Fsp3) is 0.385. The van der Waals surface area contributed by atoms with Crippen molar-refractivity contribution in [3.8, 4) is 0 Å². The van der Waals surface area contributed by atoms with Gasteiger partial charge in [0.1, 0.15) is 0 Å². The van der Waals surface area contributed by atoms with Crippen LogP contribution in [0.15, 0.2) is 30.3 Å². The van der Waals surface area contributed by atoms with Crippen LogP contribution in [0, 0.1) is 0 Å². The van der Waals surface area contributed by atoms with Crippen molar-refractivity contribution in [2.45, 2.75) is 26.2 Å². The molecule has 0 aliphatic carbocycles. The van der Waals surface area contributed by atoms with Crippen molar-refractivity contribution < 1.29 is 0 Å². The van der Waals surface area contributed by atoms with Crippen LogP contribution >= 0.6 is 12.6 Å². The van der Waals surface area contributed by atoms with Crippen molar-refractivity contribution in [3.63, 3.8) is 0 Å². The highest BCUT2D eigenvalue weighted by atomic mass is 32.1. The molecule has 0 bridgehead atoms. The highest BCUT2D eigenvalue weighted by molar-refractivity contribution is 7.80. The van der Waals surface area contributed by atoms with E-state index in [0.717, 1.165) is 5.75 Å². The molecule has 0 unspecified atom stereocenters. The highest BCUT2D eigenvalue weighted by Gasteiger charge is 2.12. The predicted molar refractivity (Wildman–Crippen MR) is 68.0 cm³/mol. The molecule has 0 fully saturated rings. The molecule has 0 saturated carbocycles. The molecule has 1 aromatic rings. The van der Waals surface area contributed by atoms with Crippen LogP contribution in [0.5, 0.6) is 0 Å². The quantitative estimate of drug-likeness (QED) is 0.696. The summed E-state index contributed by atoms with van der Waals surface area (Å²) in [4.78, 5) is 0. The topological polar surface area (TPSA) is 0 Å². The summed E-state index contributed by atoms with van der Waals surface area (Å²) in [7, 11) is 0. The minimum Gasteiger partial charge on any atom is -0.175 e. The lowest BCUT2D eigenvalue weighted by Crippen LogP contribution is -2.10. The Morgan fingerprint density at radius 1 is 1.29 bits per heavy atom. The largest absolute Gasteiger partial charge is 0.175 e. The number of thiol groups is 1. The molecule has 1 aromatic carbocycles. The Morgan fingerprint density at radius 3 is 2.57 bits per heavy atom. The van der Waals surface area contributed by atoms with Gasteiger partial charge in [-0.25, -0.2) is 0 Å². The molecule has 0 radical (unpaired) electrons. The molecule has 0 nitrogen and oxygen atoms in total. The van der Waals surface area contributed by atoms with E-state index < -0.39 is 0 Å². The van der Waals surface area contributed by atoms with Gasteiger partial charge in [0.2, 0.25) is 0 Å². The van der Waals surface area contributed by atoms with E-state index in [1.807, 2.05) is 0 Å². The van der Waals surface area contributed by atoms with Crippen molar-refractivity contribution in [1.29, 1.82) is 0 Å². The number of rotatable bonds is 2. The van der Waals surface area contributed by atoms with Crippen LogP contribution in [0.1, 0.15) is 31.9 Å². The van der Waals surface area contributed by atoms with E-state index in [9.17, 15) is 0 Å². The molecular formula is C13H18S. The maximum absolute atomic E-state index is 4.15. The van der Waals surface area contributed by atoms with Crippen LogP contribution in [0.4, 0.5) is 0 Å². The molecule has 0 heterocycles. The number of benzene rings is 1. The van der Waals surface area contributed by atoms with Gasteiger partial charge in [-0.15, -0.1) is 0 Å². The number of hydrogen-bond donors (Lipinski definition) is 1. The average molecular weight is 206 g/mol. The Hall–Kier alpha value is -0.690. The third kappa shape index (κ3) is 3.22. The highest BCUT2D eigenvalue weighted by Crippen LogP contribution is 2.23. The molecule has 1 heteroatoms. The molecule has 0 aliphatic rings. The second-order valence-electron chi connectivity index (χ2n) is 4.46. The van der Waals surface area contributed by atoms with Crippen molar-refractivity contribution in [2.75, 3.05) is 5.75 Å². The van der Waals surface area contributed by atoms with Gasteiger partial charge in [-0.2, -0.15) is 12.6 Å². The van der Waals surface area contributed by atoms with Crippen LogP contribution in [0.2, 0.25) is 0 Å². The first kappa shape index (κ1) is 11.4. The third-order valence-corrected chi connectivity index (χ3v) is 2.38. The fourth-order valence-corrected chi connectivity index (χ4v) is 1.40. The molecule has 0 spiro atoms. The van der Waals surface area contributed by atoms with Crippen LogP contribution in [-0.4, -0.2) is 5.75 Å². The first-order valence-electron chi connectivity index (χ1n) is 4.92. The summed E-state index contributed by atoms with van der Waals surface area (Å²) in [6, 6.07) is 8.64. The second-order valence-corrected chi connectivity index (χ2v) is 4.83. The predicted octanol–water partition coefficient (Wildman–Crippen LogP) is 3.93. The van der Waals surface area contributed by atoms with E-state index >= 15 is 0 Å².